The molecule has 0 unspecified atom stereocenters. The van der Waals surface area contributed by atoms with Gasteiger partial charge in [-0.05, 0) is 30.7 Å². The largest absolute Gasteiger partial charge is 0.307 e. The summed E-state index contributed by atoms with van der Waals surface area (Å²) in [4.78, 5) is 14.1. The number of likely N-dealkylation sites (N-methyl/N-ethyl adjacent to an activating group) is 1. The Labute approximate surface area is 146 Å². The van der Waals surface area contributed by atoms with Gasteiger partial charge in [0.05, 0.1) is 0 Å². The van der Waals surface area contributed by atoms with Gasteiger partial charge in [0.1, 0.15) is 0 Å². The van der Waals surface area contributed by atoms with Crippen molar-refractivity contribution in [2.24, 2.45) is 0 Å². The van der Waals surface area contributed by atoms with E-state index in [1.807, 2.05) is 22.9 Å². The van der Waals surface area contributed by atoms with Crippen molar-refractivity contribution in [1.29, 1.82) is 0 Å². The second-order valence-electron chi connectivity index (χ2n) is 6.10. The van der Waals surface area contributed by atoms with E-state index in [0.717, 1.165) is 25.3 Å². The van der Waals surface area contributed by atoms with Gasteiger partial charge in [0.25, 0.3) is 0 Å². The summed E-state index contributed by atoms with van der Waals surface area (Å²) >= 11 is 1.28. The summed E-state index contributed by atoms with van der Waals surface area (Å²) in [6.45, 7) is 4.47. The standard InChI is InChI=1S/C20H22N2OS/c1-16-15-24-20(23)22(16)13-12-21(2)14-17-8-10-19(11-9-17)18-6-4-3-5-7-18/h3-11,15H,12-14H2,1-2H3. The molecule has 124 valence electrons. The molecule has 2 aromatic carbocycles. The van der Waals surface area contributed by atoms with E-state index in [2.05, 4.69) is 60.5 Å². The fourth-order valence-electron chi connectivity index (χ4n) is 2.77. The first kappa shape index (κ1) is 16.7. The first-order chi connectivity index (χ1) is 11.6. The first-order valence-electron chi connectivity index (χ1n) is 8.11. The van der Waals surface area contributed by atoms with Crippen molar-refractivity contribution < 1.29 is 0 Å². The van der Waals surface area contributed by atoms with E-state index >= 15 is 0 Å². The zero-order valence-corrected chi connectivity index (χ0v) is 14.9. The predicted octanol–water partition coefficient (Wildman–Crippen LogP) is 4.02. The summed E-state index contributed by atoms with van der Waals surface area (Å²) in [5, 5.41) is 1.92. The van der Waals surface area contributed by atoms with Gasteiger partial charge in [-0.1, -0.05) is 65.9 Å². The average Bonchev–Trinajstić information content (AvgIpc) is 2.93. The highest BCUT2D eigenvalue weighted by Crippen LogP contribution is 2.19. The number of hydrogen-bond donors (Lipinski definition) is 0. The van der Waals surface area contributed by atoms with Crippen LogP contribution in [0.4, 0.5) is 0 Å². The van der Waals surface area contributed by atoms with Gasteiger partial charge in [-0.25, -0.2) is 0 Å². The predicted molar refractivity (Wildman–Crippen MR) is 102 cm³/mol. The highest BCUT2D eigenvalue weighted by Gasteiger charge is 2.05. The molecule has 1 aromatic heterocycles. The number of nitrogens with zero attached hydrogens (tertiary/aromatic N) is 2. The summed E-state index contributed by atoms with van der Waals surface area (Å²) in [7, 11) is 2.10. The fraction of sp³-hybridized carbons (Fsp3) is 0.250. The van der Waals surface area contributed by atoms with Crippen molar-refractivity contribution in [3.8, 4) is 11.1 Å². The molecular weight excluding hydrogens is 316 g/mol. The van der Waals surface area contributed by atoms with Crippen molar-refractivity contribution >= 4 is 11.3 Å². The number of aromatic nitrogens is 1. The lowest BCUT2D eigenvalue weighted by atomic mass is 10.0. The van der Waals surface area contributed by atoms with E-state index < -0.39 is 0 Å². The molecule has 24 heavy (non-hydrogen) atoms. The minimum Gasteiger partial charge on any atom is -0.302 e. The van der Waals surface area contributed by atoms with Crippen LogP contribution in [0.5, 0.6) is 0 Å². The van der Waals surface area contributed by atoms with Crippen LogP contribution in [0.1, 0.15) is 11.3 Å². The maximum atomic E-state index is 11.7. The molecule has 0 aliphatic carbocycles. The van der Waals surface area contributed by atoms with Crippen LogP contribution in [-0.4, -0.2) is 23.1 Å². The third kappa shape index (κ3) is 4.02. The Balaban J connectivity index is 1.58. The van der Waals surface area contributed by atoms with Gasteiger partial charge in [0.15, 0.2) is 0 Å². The van der Waals surface area contributed by atoms with E-state index in [-0.39, 0.29) is 4.87 Å². The maximum absolute atomic E-state index is 11.7. The third-order valence-electron chi connectivity index (χ3n) is 4.20. The Hall–Kier alpha value is -2.17. The number of rotatable bonds is 6. The Morgan fingerprint density at radius 1 is 1.00 bits per heavy atom. The molecule has 3 rings (SSSR count). The summed E-state index contributed by atoms with van der Waals surface area (Å²) in [6.07, 6.45) is 0. The smallest absolute Gasteiger partial charge is 0.302 e. The molecule has 0 spiro atoms. The minimum absolute atomic E-state index is 0.133. The van der Waals surface area contributed by atoms with Crippen molar-refractivity contribution in [1.82, 2.24) is 9.47 Å². The molecule has 1 heterocycles. The Kier molecular flexibility index (Phi) is 5.28. The van der Waals surface area contributed by atoms with Gasteiger partial charge in [0.2, 0.25) is 0 Å². The van der Waals surface area contributed by atoms with E-state index in [9.17, 15) is 4.79 Å². The van der Waals surface area contributed by atoms with Gasteiger partial charge in [-0.3, -0.25) is 4.79 Å². The van der Waals surface area contributed by atoms with Gasteiger partial charge in [-0.15, -0.1) is 0 Å². The van der Waals surface area contributed by atoms with Crippen LogP contribution in [0, 0.1) is 6.92 Å². The summed E-state index contributed by atoms with van der Waals surface area (Å²) in [6, 6.07) is 19.1. The van der Waals surface area contributed by atoms with Crippen LogP contribution in [0.25, 0.3) is 11.1 Å². The molecule has 3 aromatic rings. The second-order valence-corrected chi connectivity index (χ2v) is 6.92. The van der Waals surface area contributed by atoms with Crippen LogP contribution in [0.2, 0.25) is 0 Å². The number of benzene rings is 2. The van der Waals surface area contributed by atoms with Gasteiger partial charge < -0.3 is 9.47 Å². The highest BCUT2D eigenvalue weighted by molar-refractivity contribution is 7.07. The van der Waals surface area contributed by atoms with E-state index in [1.165, 1.54) is 28.0 Å². The Morgan fingerprint density at radius 2 is 1.67 bits per heavy atom. The summed E-state index contributed by atoms with van der Waals surface area (Å²) in [5.41, 5.74) is 4.81. The Morgan fingerprint density at radius 3 is 2.29 bits per heavy atom. The van der Waals surface area contributed by atoms with E-state index in [0.29, 0.717) is 0 Å². The molecule has 0 saturated heterocycles. The zero-order valence-electron chi connectivity index (χ0n) is 14.1. The second kappa shape index (κ2) is 7.60. The molecule has 0 aliphatic heterocycles. The van der Waals surface area contributed by atoms with Gasteiger partial charge in [0, 0.05) is 30.7 Å². The lowest BCUT2D eigenvalue weighted by Gasteiger charge is -2.17. The lowest BCUT2D eigenvalue weighted by Crippen LogP contribution is -2.26. The molecule has 0 atom stereocenters. The molecule has 0 amide bonds. The lowest BCUT2D eigenvalue weighted by molar-refractivity contribution is 0.309. The Bertz CT molecular complexity index is 834. The van der Waals surface area contributed by atoms with E-state index in [1.54, 1.807) is 0 Å². The maximum Gasteiger partial charge on any atom is 0.307 e. The number of hydrogen-bond acceptors (Lipinski definition) is 3. The molecule has 4 heteroatoms. The van der Waals surface area contributed by atoms with Crippen molar-refractivity contribution in [3.05, 3.63) is 80.9 Å². The average molecular weight is 338 g/mol. The molecule has 0 fully saturated rings. The van der Waals surface area contributed by atoms with Crippen molar-refractivity contribution in [3.63, 3.8) is 0 Å². The minimum atomic E-state index is 0.133. The van der Waals surface area contributed by atoms with Crippen LogP contribution in [0.15, 0.2) is 64.8 Å². The third-order valence-corrected chi connectivity index (χ3v) is 5.08. The van der Waals surface area contributed by atoms with Crippen LogP contribution in [-0.2, 0) is 13.1 Å². The van der Waals surface area contributed by atoms with Crippen molar-refractivity contribution in [2.45, 2.75) is 20.0 Å². The zero-order chi connectivity index (χ0) is 16.9. The molecule has 0 radical (unpaired) electrons. The van der Waals surface area contributed by atoms with Crippen LogP contribution < -0.4 is 4.87 Å². The van der Waals surface area contributed by atoms with Gasteiger partial charge >= 0.3 is 4.87 Å². The highest BCUT2D eigenvalue weighted by atomic mass is 32.1. The number of aryl methyl sites for hydroxylation is 1. The number of thiazole rings is 1. The monoisotopic (exact) mass is 338 g/mol. The fourth-order valence-corrected chi connectivity index (χ4v) is 3.53. The molecule has 3 nitrogen and oxygen atoms in total. The first-order valence-corrected chi connectivity index (χ1v) is 8.99. The summed E-state index contributed by atoms with van der Waals surface area (Å²) < 4.78 is 1.85. The molecule has 0 bridgehead atoms. The molecule has 0 aliphatic rings. The molecule has 0 N–H and O–H groups in total. The normalized spacial score (nSPS) is 11.1. The summed E-state index contributed by atoms with van der Waals surface area (Å²) in [5.74, 6) is 0. The van der Waals surface area contributed by atoms with Crippen LogP contribution in [0.3, 0.4) is 0 Å². The SMILES string of the molecule is Cc1csc(=O)n1CCN(C)Cc1ccc(-c2ccccc2)cc1. The van der Waals surface area contributed by atoms with Gasteiger partial charge in [-0.2, -0.15) is 0 Å². The van der Waals surface area contributed by atoms with Crippen LogP contribution >= 0.6 is 11.3 Å². The molecular formula is C20H22N2OS. The molecule has 0 saturated carbocycles. The quantitative estimate of drug-likeness (QED) is 0.678. The van der Waals surface area contributed by atoms with E-state index in [4.69, 9.17) is 0 Å². The topological polar surface area (TPSA) is 25.2 Å². The van der Waals surface area contributed by atoms with Crippen molar-refractivity contribution in [2.75, 3.05) is 13.6 Å².